The number of carbonyl (C=O) groups is 1. The highest BCUT2D eigenvalue weighted by molar-refractivity contribution is 14.1. The van der Waals surface area contributed by atoms with Gasteiger partial charge in [-0.3, -0.25) is 4.79 Å². The van der Waals surface area contributed by atoms with Gasteiger partial charge in [0, 0.05) is 10.1 Å². The van der Waals surface area contributed by atoms with Crippen LogP contribution in [0.15, 0.2) is 18.2 Å². The average molecular weight is 375 g/mol. The number of carbonyl (C=O) groups excluding carboxylic acids is 1. The number of nitrogens with one attached hydrogen (secondary N) is 1. The fraction of sp³-hybridized carbons (Fsp3) is 0.500. The molecule has 0 unspecified atom stereocenters. The van der Waals surface area contributed by atoms with Crippen molar-refractivity contribution in [1.29, 1.82) is 0 Å². The molecular weight excluding hydrogens is 357 g/mol. The van der Waals surface area contributed by atoms with E-state index in [-0.39, 0.29) is 23.8 Å². The molecule has 1 aliphatic carbocycles. The van der Waals surface area contributed by atoms with Gasteiger partial charge in [-0.2, -0.15) is 0 Å². The zero-order valence-corrected chi connectivity index (χ0v) is 12.8. The van der Waals surface area contributed by atoms with Crippen LogP contribution in [0.25, 0.3) is 0 Å². The summed E-state index contributed by atoms with van der Waals surface area (Å²) in [5.41, 5.74) is -0.530. The number of amides is 1. The zero-order chi connectivity index (χ0) is 13.9. The number of phenols is 1. The van der Waals surface area contributed by atoms with E-state index in [0.29, 0.717) is 0 Å². The Morgan fingerprint density at radius 1 is 1.32 bits per heavy atom. The van der Waals surface area contributed by atoms with E-state index in [1.54, 1.807) is 12.1 Å². The molecule has 1 aliphatic rings. The second kappa shape index (κ2) is 6.09. The van der Waals surface area contributed by atoms with E-state index >= 15 is 0 Å². The molecule has 0 atom stereocenters. The smallest absolute Gasteiger partial charge is 0.255 e. The number of phenolic OH excluding ortho intramolecular Hbond substituents is 1. The van der Waals surface area contributed by atoms with Crippen LogP contribution in [0, 0.1) is 3.57 Å². The van der Waals surface area contributed by atoms with Crippen molar-refractivity contribution in [2.24, 2.45) is 0 Å². The first-order valence-corrected chi connectivity index (χ1v) is 7.57. The van der Waals surface area contributed by atoms with Gasteiger partial charge in [0.1, 0.15) is 5.75 Å². The minimum Gasteiger partial charge on any atom is -0.507 e. The Morgan fingerprint density at radius 2 is 2.00 bits per heavy atom. The number of hydrogen-bond acceptors (Lipinski definition) is 3. The molecule has 0 radical (unpaired) electrons. The van der Waals surface area contributed by atoms with Crippen molar-refractivity contribution >= 4 is 28.5 Å². The van der Waals surface area contributed by atoms with Gasteiger partial charge in [-0.15, -0.1) is 0 Å². The molecule has 1 aromatic rings. The Balaban J connectivity index is 1.99. The summed E-state index contributed by atoms with van der Waals surface area (Å²) in [6, 6.07) is 4.88. The van der Waals surface area contributed by atoms with Crippen molar-refractivity contribution in [3.8, 4) is 5.75 Å². The lowest BCUT2D eigenvalue weighted by atomic mass is 9.85. The average Bonchev–Trinajstić information content (AvgIpc) is 2.40. The van der Waals surface area contributed by atoms with Crippen LogP contribution in [-0.4, -0.2) is 28.3 Å². The van der Waals surface area contributed by atoms with Gasteiger partial charge < -0.3 is 15.5 Å². The molecule has 4 nitrogen and oxygen atoms in total. The molecule has 0 aliphatic heterocycles. The SMILES string of the molecule is O=C(NCC1(O)CCCCC1)c1cc(I)ccc1O. The molecule has 1 saturated carbocycles. The topological polar surface area (TPSA) is 69.6 Å². The van der Waals surface area contributed by atoms with Crippen LogP contribution in [0.2, 0.25) is 0 Å². The van der Waals surface area contributed by atoms with Crippen LogP contribution in [-0.2, 0) is 0 Å². The van der Waals surface area contributed by atoms with Crippen LogP contribution in [0.4, 0.5) is 0 Å². The van der Waals surface area contributed by atoms with Gasteiger partial charge in [0.2, 0.25) is 0 Å². The lowest BCUT2D eigenvalue weighted by Gasteiger charge is -2.32. The Kier molecular flexibility index (Phi) is 4.67. The van der Waals surface area contributed by atoms with Crippen LogP contribution < -0.4 is 5.32 Å². The van der Waals surface area contributed by atoms with Crippen molar-refractivity contribution in [3.05, 3.63) is 27.3 Å². The van der Waals surface area contributed by atoms with Crippen molar-refractivity contribution in [3.63, 3.8) is 0 Å². The van der Waals surface area contributed by atoms with E-state index in [2.05, 4.69) is 27.9 Å². The summed E-state index contributed by atoms with van der Waals surface area (Å²) >= 11 is 2.09. The molecule has 104 valence electrons. The van der Waals surface area contributed by atoms with E-state index in [1.165, 1.54) is 6.07 Å². The lowest BCUT2D eigenvalue weighted by molar-refractivity contribution is 0.00523. The summed E-state index contributed by atoms with van der Waals surface area (Å²) in [6.07, 6.45) is 4.60. The minimum atomic E-state index is -0.786. The van der Waals surface area contributed by atoms with Crippen LogP contribution in [0.1, 0.15) is 42.5 Å². The summed E-state index contributed by atoms with van der Waals surface area (Å²) in [6.45, 7) is 0.247. The largest absolute Gasteiger partial charge is 0.507 e. The maximum Gasteiger partial charge on any atom is 0.255 e. The molecule has 2 rings (SSSR count). The highest BCUT2D eigenvalue weighted by Gasteiger charge is 2.29. The Bertz CT molecular complexity index is 470. The maximum atomic E-state index is 12.0. The number of aromatic hydroxyl groups is 1. The predicted molar refractivity (Wildman–Crippen MR) is 81.2 cm³/mol. The number of halogens is 1. The van der Waals surface area contributed by atoms with Crippen molar-refractivity contribution < 1.29 is 15.0 Å². The molecule has 3 N–H and O–H groups in total. The van der Waals surface area contributed by atoms with Gasteiger partial charge in [-0.05, 0) is 53.6 Å². The highest BCUT2D eigenvalue weighted by Crippen LogP contribution is 2.27. The molecule has 5 heteroatoms. The highest BCUT2D eigenvalue weighted by atomic mass is 127. The molecule has 0 bridgehead atoms. The van der Waals surface area contributed by atoms with Crippen LogP contribution in [0.5, 0.6) is 5.75 Å². The standard InChI is InChI=1S/C14H18INO3/c15-10-4-5-12(17)11(8-10)13(18)16-9-14(19)6-2-1-3-7-14/h4-5,8,17,19H,1-3,6-7,9H2,(H,16,18). The van der Waals surface area contributed by atoms with E-state index in [0.717, 1.165) is 35.7 Å². The van der Waals surface area contributed by atoms with E-state index in [9.17, 15) is 15.0 Å². The fourth-order valence-electron chi connectivity index (χ4n) is 2.42. The molecular formula is C14H18INO3. The van der Waals surface area contributed by atoms with E-state index in [1.807, 2.05) is 0 Å². The third-order valence-corrected chi connectivity index (χ3v) is 4.24. The molecule has 0 aromatic heterocycles. The summed E-state index contributed by atoms with van der Waals surface area (Å²) in [4.78, 5) is 12.0. The molecule has 0 saturated heterocycles. The third-order valence-electron chi connectivity index (χ3n) is 3.57. The van der Waals surface area contributed by atoms with Crippen LogP contribution >= 0.6 is 22.6 Å². The van der Waals surface area contributed by atoms with Gasteiger partial charge in [0.25, 0.3) is 5.91 Å². The van der Waals surface area contributed by atoms with Crippen LogP contribution in [0.3, 0.4) is 0 Å². The second-order valence-electron chi connectivity index (χ2n) is 5.13. The first-order chi connectivity index (χ1) is 9.00. The third kappa shape index (κ3) is 3.82. The monoisotopic (exact) mass is 375 g/mol. The Labute approximate surface area is 126 Å². The molecule has 0 heterocycles. The molecule has 1 amide bonds. The summed E-state index contributed by atoms with van der Waals surface area (Å²) in [5.74, 6) is -0.372. The van der Waals surface area contributed by atoms with Crippen molar-refractivity contribution in [1.82, 2.24) is 5.32 Å². The quantitative estimate of drug-likeness (QED) is 0.711. The van der Waals surface area contributed by atoms with Gasteiger partial charge in [-0.25, -0.2) is 0 Å². The van der Waals surface area contributed by atoms with E-state index < -0.39 is 5.60 Å². The number of benzene rings is 1. The molecule has 19 heavy (non-hydrogen) atoms. The van der Waals surface area contributed by atoms with Crippen molar-refractivity contribution in [2.75, 3.05) is 6.54 Å². The number of rotatable bonds is 3. The number of aliphatic hydroxyl groups is 1. The second-order valence-corrected chi connectivity index (χ2v) is 6.37. The van der Waals surface area contributed by atoms with Gasteiger partial charge in [0.15, 0.2) is 0 Å². The predicted octanol–water partition coefficient (Wildman–Crippen LogP) is 2.42. The normalized spacial score (nSPS) is 18.0. The number of hydrogen-bond donors (Lipinski definition) is 3. The van der Waals surface area contributed by atoms with Gasteiger partial charge in [-0.1, -0.05) is 19.3 Å². The minimum absolute atomic E-state index is 0.0338. The summed E-state index contributed by atoms with van der Waals surface area (Å²) in [7, 11) is 0. The fourth-order valence-corrected chi connectivity index (χ4v) is 2.91. The van der Waals surface area contributed by atoms with Gasteiger partial charge in [0.05, 0.1) is 11.2 Å². The summed E-state index contributed by atoms with van der Waals surface area (Å²) < 4.78 is 0.886. The zero-order valence-electron chi connectivity index (χ0n) is 10.7. The molecule has 1 fully saturated rings. The van der Waals surface area contributed by atoms with E-state index in [4.69, 9.17) is 0 Å². The van der Waals surface area contributed by atoms with Crippen molar-refractivity contribution in [2.45, 2.75) is 37.7 Å². The Hall–Kier alpha value is -0.820. The Morgan fingerprint density at radius 3 is 2.68 bits per heavy atom. The van der Waals surface area contributed by atoms with Gasteiger partial charge >= 0.3 is 0 Å². The maximum absolute atomic E-state index is 12.0. The first-order valence-electron chi connectivity index (χ1n) is 6.49. The molecule has 1 aromatic carbocycles. The lowest BCUT2D eigenvalue weighted by Crippen LogP contribution is -2.44. The summed E-state index contributed by atoms with van der Waals surface area (Å²) in [5, 5.41) is 22.7. The first kappa shape index (κ1) is 14.6. The molecule has 0 spiro atoms.